The molecule has 0 aliphatic rings. The number of nitrogens with zero attached hydrogens (tertiary/aromatic N) is 1. The molecule has 0 saturated carbocycles. The maximum atomic E-state index is 12.4. The molecule has 3 aromatic rings. The molecule has 1 amide bonds. The Bertz CT molecular complexity index is 1120. The molecule has 0 unspecified atom stereocenters. The Balaban J connectivity index is 1.60. The number of halogens is 1. The van der Waals surface area contributed by atoms with Gasteiger partial charge in [-0.15, -0.1) is 0 Å². The van der Waals surface area contributed by atoms with Crippen molar-refractivity contribution in [3.05, 3.63) is 77.4 Å². The summed E-state index contributed by atoms with van der Waals surface area (Å²) in [6, 6.07) is 15.6. The number of hydrogen-bond acceptors (Lipinski definition) is 5. The fourth-order valence-corrected chi connectivity index (χ4v) is 3.77. The molecule has 1 aromatic heterocycles. The van der Waals surface area contributed by atoms with Crippen molar-refractivity contribution in [2.45, 2.75) is 24.7 Å². The van der Waals surface area contributed by atoms with Crippen LogP contribution in [0.2, 0.25) is 5.02 Å². The number of pyridine rings is 1. The standard InChI is InChI=1S/C22H22ClN3O4S/c1-2-3-14-24-22(27)16-4-9-19(10-5-16)30-21-13-8-18(15-25-21)26-31(28,29)20-11-6-17(23)7-12-20/h4-13,15,26H,2-3,14H2,1H3,(H,24,27). The van der Waals surface area contributed by atoms with Crippen molar-refractivity contribution in [1.82, 2.24) is 10.3 Å². The predicted molar refractivity (Wildman–Crippen MR) is 120 cm³/mol. The predicted octanol–water partition coefficient (Wildman–Crippen LogP) is 4.86. The number of carbonyl (C=O) groups is 1. The number of unbranched alkanes of at least 4 members (excludes halogenated alkanes) is 1. The number of anilines is 1. The molecule has 0 spiro atoms. The van der Waals surface area contributed by atoms with Crippen LogP contribution in [-0.2, 0) is 10.0 Å². The van der Waals surface area contributed by atoms with E-state index in [1.165, 1.54) is 30.5 Å². The quantitative estimate of drug-likeness (QED) is 0.445. The average Bonchev–Trinajstić information content (AvgIpc) is 2.76. The number of ether oxygens (including phenoxy) is 1. The molecule has 3 rings (SSSR count). The number of nitrogens with one attached hydrogen (secondary N) is 2. The first-order valence-electron chi connectivity index (χ1n) is 9.68. The van der Waals surface area contributed by atoms with Crippen LogP contribution in [0.4, 0.5) is 5.69 Å². The molecule has 0 saturated heterocycles. The van der Waals surface area contributed by atoms with E-state index in [0.29, 0.717) is 28.6 Å². The van der Waals surface area contributed by atoms with Gasteiger partial charge in [0.25, 0.3) is 15.9 Å². The van der Waals surface area contributed by atoms with E-state index in [4.69, 9.17) is 16.3 Å². The highest BCUT2D eigenvalue weighted by Crippen LogP contribution is 2.23. The lowest BCUT2D eigenvalue weighted by molar-refractivity contribution is 0.0953. The van der Waals surface area contributed by atoms with E-state index in [2.05, 4.69) is 21.9 Å². The van der Waals surface area contributed by atoms with E-state index in [-0.39, 0.29) is 16.7 Å². The molecular weight excluding hydrogens is 438 g/mol. The summed E-state index contributed by atoms with van der Waals surface area (Å²) in [4.78, 5) is 16.3. The number of sulfonamides is 1. The SMILES string of the molecule is CCCCNC(=O)c1ccc(Oc2ccc(NS(=O)(=O)c3ccc(Cl)cc3)cn2)cc1. The summed E-state index contributed by atoms with van der Waals surface area (Å²) >= 11 is 5.80. The van der Waals surface area contributed by atoms with Crippen LogP contribution in [0.5, 0.6) is 11.6 Å². The zero-order valence-corrected chi connectivity index (χ0v) is 18.4. The number of amides is 1. The van der Waals surface area contributed by atoms with Gasteiger partial charge in [0.1, 0.15) is 5.75 Å². The van der Waals surface area contributed by atoms with Gasteiger partial charge in [0, 0.05) is 23.2 Å². The molecule has 0 bridgehead atoms. The first-order chi connectivity index (χ1) is 14.9. The maximum absolute atomic E-state index is 12.4. The van der Waals surface area contributed by atoms with E-state index in [1.54, 1.807) is 36.4 Å². The molecule has 0 atom stereocenters. The van der Waals surface area contributed by atoms with E-state index in [1.807, 2.05) is 0 Å². The van der Waals surface area contributed by atoms with Crippen LogP contribution >= 0.6 is 11.6 Å². The first-order valence-corrected chi connectivity index (χ1v) is 11.5. The molecule has 1 heterocycles. The van der Waals surface area contributed by atoms with E-state index in [9.17, 15) is 13.2 Å². The van der Waals surface area contributed by atoms with Gasteiger partial charge in [-0.25, -0.2) is 13.4 Å². The normalized spacial score (nSPS) is 11.0. The summed E-state index contributed by atoms with van der Waals surface area (Å²) < 4.78 is 32.9. The third-order valence-corrected chi connectivity index (χ3v) is 5.92. The summed E-state index contributed by atoms with van der Waals surface area (Å²) in [6.07, 6.45) is 3.31. The molecule has 31 heavy (non-hydrogen) atoms. The highest BCUT2D eigenvalue weighted by molar-refractivity contribution is 7.92. The Morgan fingerprint density at radius 2 is 1.74 bits per heavy atom. The minimum absolute atomic E-state index is 0.0936. The average molecular weight is 460 g/mol. The van der Waals surface area contributed by atoms with Gasteiger partial charge >= 0.3 is 0 Å². The van der Waals surface area contributed by atoms with E-state index < -0.39 is 10.0 Å². The van der Waals surface area contributed by atoms with Crippen molar-refractivity contribution < 1.29 is 17.9 Å². The Morgan fingerprint density at radius 3 is 2.35 bits per heavy atom. The van der Waals surface area contributed by atoms with Crippen molar-refractivity contribution >= 4 is 33.2 Å². The molecule has 0 radical (unpaired) electrons. The second-order valence-corrected chi connectivity index (χ2v) is 8.80. The van der Waals surface area contributed by atoms with Crippen LogP contribution in [0.3, 0.4) is 0 Å². The minimum atomic E-state index is -3.75. The summed E-state index contributed by atoms with van der Waals surface area (Å²) in [5.41, 5.74) is 0.838. The molecule has 162 valence electrons. The summed E-state index contributed by atoms with van der Waals surface area (Å²) in [6.45, 7) is 2.71. The molecule has 2 aromatic carbocycles. The van der Waals surface area contributed by atoms with Gasteiger partial charge < -0.3 is 10.1 Å². The third kappa shape index (κ3) is 6.44. The molecular formula is C22H22ClN3O4S. The highest BCUT2D eigenvalue weighted by Gasteiger charge is 2.14. The minimum Gasteiger partial charge on any atom is -0.439 e. The van der Waals surface area contributed by atoms with Crippen LogP contribution in [0.25, 0.3) is 0 Å². The summed E-state index contributed by atoms with van der Waals surface area (Å²) in [5, 5.41) is 3.30. The van der Waals surface area contributed by atoms with Crippen LogP contribution in [0.1, 0.15) is 30.1 Å². The Morgan fingerprint density at radius 1 is 1.03 bits per heavy atom. The maximum Gasteiger partial charge on any atom is 0.261 e. The number of benzene rings is 2. The van der Waals surface area contributed by atoms with Gasteiger partial charge in [-0.1, -0.05) is 24.9 Å². The second-order valence-electron chi connectivity index (χ2n) is 6.68. The summed E-state index contributed by atoms with van der Waals surface area (Å²) in [7, 11) is -3.75. The Hall–Kier alpha value is -3.10. The lowest BCUT2D eigenvalue weighted by Crippen LogP contribution is -2.24. The monoisotopic (exact) mass is 459 g/mol. The number of aromatic nitrogens is 1. The molecule has 0 fully saturated rings. The molecule has 7 nitrogen and oxygen atoms in total. The fraction of sp³-hybridized carbons (Fsp3) is 0.182. The molecule has 0 aliphatic heterocycles. The van der Waals surface area contributed by atoms with Crippen molar-refractivity contribution in [2.75, 3.05) is 11.3 Å². The number of hydrogen-bond donors (Lipinski definition) is 2. The Labute approximate surface area is 186 Å². The fourth-order valence-electron chi connectivity index (χ4n) is 2.60. The summed E-state index contributed by atoms with van der Waals surface area (Å²) in [5.74, 6) is 0.664. The lowest BCUT2D eigenvalue weighted by Gasteiger charge is -2.09. The van der Waals surface area contributed by atoms with Crippen LogP contribution in [0.15, 0.2) is 71.8 Å². The van der Waals surface area contributed by atoms with E-state index >= 15 is 0 Å². The highest BCUT2D eigenvalue weighted by atomic mass is 35.5. The Kier molecular flexibility index (Phi) is 7.49. The molecule has 0 aliphatic carbocycles. The zero-order chi connectivity index (χ0) is 22.3. The van der Waals surface area contributed by atoms with Gasteiger partial charge in [-0.05, 0) is 61.0 Å². The van der Waals surface area contributed by atoms with Crippen LogP contribution < -0.4 is 14.8 Å². The molecule has 2 N–H and O–H groups in total. The van der Waals surface area contributed by atoms with Crippen molar-refractivity contribution in [3.8, 4) is 11.6 Å². The smallest absolute Gasteiger partial charge is 0.261 e. The third-order valence-electron chi connectivity index (χ3n) is 4.27. The van der Waals surface area contributed by atoms with Crippen LogP contribution in [0, 0.1) is 0 Å². The first kappa shape index (κ1) is 22.6. The van der Waals surface area contributed by atoms with Gasteiger partial charge in [0.2, 0.25) is 5.88 Å². The van der Waals surface area contributed by atoms with Crippen molar-refractivity contribution in [2.24, 2.45) is 0 Å². The van der Waals surface area contributed by atoms with Crippen molar-refractivity contribution in [3.63, 3.8) is 0 Å². The zero-order valence-electron chi connectivity index (χ0n) is 16.8. The van der Waals surface area contributed by atoms with Crippen LogP contribution in [-0.4, -0.2) is 25.9 Å². The van der Waals surface area contributed by atoms with Gasteiger partial charge in [-0.3, -0.25) is 9.52 Å². The molecule has 9 heteroatoms. The van der Waals surface area contributed by atoms with E-state index in [0.717, 1.165) is 12.8 Å². The largest absolute Gasteiger partial charge is 0.439 e. The van der Waals surface area contributed by atoms with Crippen molar-refractivity contribution in [1.29, 1.82) is 0 Å². The number of carbonyl (C=O) groups excluding carboxylic acids is 1. The van der Waals surface area contributed by atoms with Gasteiger partial charge in [0.05, 0.1) is 16.8 Å². The van der Waals surface area contributed by atoms with Gasteiger partial charge in [0.15, 0.2) is 0 Å². The van der Waals surface area contributed by atoms with Gasteiger partial charge in [-0.2, -0.15) is 0 Å². The lowest BCUT2D eigenvalue weighted by atomic mass is 10.2. The topological polar surface area (TPSA) is 97.4 Å². The number of rotatable bonds is 9. The second kappa shape index (κ2) is 10.3.